The zero-order valence-electron chi connectivity index (χ0n) is 17.8. The molecule has 0 heterocycles. The quantitative estimate of drug-likeness (QED) is 0.578. The molecule has 5 rings (SSSR count). The van der Waals surface area contributed by atoms with E-state index in [-0.39, 0.29) is 24.3 Å². The van der Waals surface area contributed by atoms with Gasteiger partial charge in [0.2, 0.25) is 11.8 Å². The summed E-state index contributed by atoms with van der Waals surface area (Å²) in [4.78, 5) is 37.0. The van der Waals surface area contributed by atoms with Crippen LogP contribution in [0.3, 0.4) is 0 Å². The van der Waals surface area contributed by atoms with Crippen LogP contribution < -0.4 is 20.9 Å². The Balaban J connectivity index is 1.15. The number of rotatable bonds is 7. The third-order valence-corrected chi connectivity index (χ3v) is 6.98. The van der Waals surface area contributed by atoms with Crippen LogP contribution in [0.2, 0.25) is 0 Å². The molecular weight excluding hydrogens is 401 g/mol. The Morgan fingerprint density at radius 1 is 1.03 bits per heavy atom. The summed E-state index contributed by atoms with van der Waals surface area (Å²) in [5.41, 5.74) is 4.42. The average Bonchev–Trinajstić information content (AvgIpc) is 2.72. The maximum Gasteiger partial charge on any atom is 0.279 e. The van der Waals surface area contributed by atoms with Gasteiger partial charge in [-0.25, -0.2) is 4.39 Å². The molecular formula is C23H30FN3O4. The summed E-state index contributed by atoms with van der Waals surface area (Å²) >= 11 is 0. The van der Waals surface area contributed by atoms with E-state index >= 15 is 0 Å². The van der Waals surface area contributed by atoms with Gasteiger partial charge in [-0.2, -0.15) is 0 Å². The highest BCUT2D eigenvalue weighted by molar-refractivity contribution is 5.86. The van der Waals surface area contributed by atoms with Gasteiger partial charge in [0, 0.05) is 18.4 Å². The molecule has 0 aliphatic heterocycles. The van der Waals surface area contributed by atoms with Crippen LogP contribution in [0.1, 0.15) is 51.9 Å². The van der Waals surface area contributed by atoms with Crippen LogP contribution in [0.15, 0.2) is 24.3 Å². The Morgan fingerprint density at radius 3 is 2.19 bits per heavy atom. The number of ether oxygens (including phenoxy) is 1. The molecule has 0 radical (unpaired) electrons. The van der Waals surface area contributed by atoms with Gasteiger partial charge in [-0.15, -0.1) is 0 Å². The van der Waals surface area contributed by atoms with Crippen molar-refractivity contribution in [2.75, 3.05) is 6.54 Å². The van der Waals surface area contributed by atoms with Crippen molar-refractivity contribution in [3.8, 4) is 5.75 Å². The minimum Gasteiger partial charge on any atom is -0.481 e. The molecule has 31 heavy (non-hydrogen) atoms. The van der Waals surface area contributed by atoms with Crippen LogP contribution in [-0.2, 0) is 14.4 Å². The Morgan fingerprint density at radius 2 is 1.61 bits per heavy atom. The molecule has 4 saturated carbocycles. The number of hydrogen-bond acceptors (Lipinski definition) is 4. The lowest BCUT2D eigenvalue weighted by molar-refractivity contribution is -0.146. The number of carbonyl (C=O) groups excluding carboxylic acids is 3. The predicted molar refractivity (Wildman–Crippen MR) is 111 cm³/mol. The molecule has 3 N–H and O–H groups in total. The first-order chi connectivity index (χ1) is 14.8. The van der Waals surface area contributed by atoms with E-state index in [1.807, 2.05) is 0 Å². The largest absolute Gasteiger partial charge is 0.481 e. The molecule has 4 aliphatic carbocycles. The molecule has 1 atom stereocenters. The fourth-order valence-electron chi connectivity index (χ4n) is 5.93. The van der Waals surface area contributed by atoms with Crippen LogP contribution in [0, 0.1) is 29.0 Å². The van der Waals surface area contributed by atoms with Gasteiger partial charge >= 0.3 is 0 Å². The van der Waals surface area contributed by atoms with Crippen molar-refractivity contribution in [1.29, 1.82) is 0 Å². The summed E-state index contributed by atoms with van der Waals surface area (Å²) in [5.74, 6) is 1.18. The van der Waals surface area contributed by atoms with Crippen molar-refractivity contribution in [3.05, 3.63) is 30.1 Å². The first-order valence-electron chi connectivity index (χ1n) is 11.1. The average molecular weight is 432 g/mol. The summed E-state index contributed by atoms with van der Waals surface area (Å²) in [7, 11) is 0. The van der Waals surface area contributed by atoms with Gasteiger partial charge in [-0.1, -0.05) is 0 Å². The highest BCUT2D eigenvalue weighted by atomic mass is 19.1. The van der Waals surface area contributed by atoms with E-state index in [0.29, 0.717) is 23.5 Å². The molecule has 1 aromatic carbocycles. The van der Waals surface area contributed by atoms with Crippen molar-refractivity contribution in [3.63, 3.8) is 0 Å². The molecule has 4 aliphatic rings. The number of hydrogen-bond donors (Lipinski definition) is 3. The fraction of sp³-hybridized carbons (Fsp3) is 0.609. The summed E-state index contributed by atoms with van der Waals surface area (Å²) < 4.78 is 18.3. The number of carbonyl (C=O) groups is 3. The molecule has 1 unspecified atom stereocenters. The SMILES string of the molecule is CC(Oc1ccc(F)cc1)C(=O)NNC(=O)CCNC(=O)C12CC3CC(CC(C3)C1)C2. The standard InChI is InChI=1S/C23H30FN3O4/c1-14(31-19-4-2-18(24)3-5-19)21(29)27-26-20(28)6-7-25-22(30)23-11-15-8-16(12-23)10-17(9-15)13-23/h2-5,14-17H,6-13H2,1H3,(H,25,30)(H,26,28)(H,27,29). The molecule has 0 aromatic heterocycles. The summed E-state index contributed by atoms with van der Waals surface area (Å²) in [5, 5.41) is 2.95. The number of halogens is 1. The highest BCUT2D eigenvalue weighted by Crippen LogP contribution is 2.60. The van der Waals surface area contributed by atoms with E-state index in [9.17, 15) is 18.8 Å². The van der Waals surface area contributed by atoms with Crippen LogP contribution in [0.4, 0.5) is 4.39 Å². The molecule has 1 aromatic rings. The Labute approximate surface area is 181 Å². The second-order valence-electron chi connectivity index (χ2n) is 9.46. The number of nitrogens with one attached hydrogen (secondary N) is 3. The third kappa shape index (κ3) is 4.99. The predicted octanol–water partition coefficient (Wildman–Crippen LogP) is 2.46. The maximum absolute atomic E-state index is 12.9. The molecule has 0 saturated heterocycles. The monoisotopic (exact) mass is 431 g/mol. The zero-order valence-corrected chi connectivity index (χ0v) is 17.8. The smallest absolute Gasteiger partial charge is 0.279 e. The normalized spacial score (nSPS) is 29.2. The van der Waals surface area contributed by atoms with Crippen molar-refractivity contribution in [2.45, 2.75) is 58.0 Å². The van der Waals surface area contributed by atoms with Gasteiger partial charge in [0.15, 0.2) is 6.10 Å². The Kier molecular flexibility index (Phi) is 6.16. The molecule has 0 spiro atoms. The van der Waals surface area contributed by atoms with E-state index in [2.05, 4.69) is 16.2 Å². The Hall–Kier alpha value is -2.64. The fourth-order valence-corrected chi connectivity index (χ4v) is 5.93. The summed E-state index contributed by atoms with van der Waals surface area (Å²) in [6.07, 6.45) is 5.98. The summed E-state index contributed by atoms with van der Waals surface area (Å²) in [6.45, 7) is 1.76. The van der Waals surface area contributed by atoms with Gasteiger partial charge in [0.25, 0.3) is 5.91 Å². The first-order valence-corrected chi connectivity index (χ1v) is 11.1. The Bertz CT molecular complexity index is 806. The highest BCUT2D eigenvalue weighted by Gasteiger charge is 2.54. The van der Waals surface area contributed by atoms with Crippen molar-refractivity contribution >= 4 is 17.7 Å². The van der Waals surface area contributed by atoms with E-state index in [4.69, 9.17) is 4.74 Å². The lowest BCUT2D eigenvalue weighted by Gasteiger charge is -2.55. The third-order valence-electron chi connectivity index (χ3n) is 6.98. The summed E-state index contributed by atoms with van der Waals surface area (Å²) in [6, 6.07) is 5.31. The van der Waals surface area contributed by atoms with Crippen LogP contribution in [-0.4, -0.2) is 30.4 Å². The van der Waals surface area contributed by atoms with Gasteiger partial charge in [-0.3, -0.25) is 25.2 Å². The molecule has 4 fully saturated rings. The number of amides is 3. The van der Waals surface area contributed by atoms with Crippen LogP contribution in [0.5, 0.6) is 5.75 Å². The van der Waals surface area contributed by atoms with E-state index in [1.165, 1.54) is 50.5 Å². The van der Waals surface area contributed by atoms with Gasteiger partial charge in [0.05, 0.1) is 0 Å². The van der Waals surface area contributed by atoms with Crippen molar-refractivity contribution in [2.24, 2.45) is 23.2 Å². The minimum absolute atomic E-state index is 0.0750. The number of benzene rings is 1. The van der Waals surface area contributed by atoms with Gasteiger partial charge in [0.1, 0.15) is 11.6 Å². The first kappa shape index (κ1) is 21.6. The van der Waals surface area contributed by atoms with Crippen LogP contribution in [0.25, 0.3) is 0 Å². The molecule has 8 heteroatoms. The lowest BCUT2D eigenvalue weighted by atomic mass is 9.49. The van der Waals surface area contributed by atoms with Crippen molar-refractivity contribution < 1.29 is 23.5 Å². The number of hydrazine groups is 1. The molecule has 7 nitrogen and oxygen atoms in total. The van der Waals surface area contributed by atoms with Gasteiger partial charge in [-0.05, 0) is 87.5 Å². The van der Waals surface area contributed by atoms with E-state index in [0.717, 1.165) is 19.3 Å². The second kappa shape index (κ2) is 8.85. The van der Waals surface area contributed by atoms with Gasteiger partial charge < -0.3 is 10.1 Å². The van der Waals surface area contributed by atoms with E-state index < -0.39 is 23.7 Å². The van der Waals surface area contributed by atoms with E-state index in [1.54, 1.807) is 0 Å². The molecule has 168 valence electrons. The molecule has 4 bridgehead atoms. The van der Waals surface area contributed by atoms with Crippen molar-refractivity contribution in [1.82, 2.24) is 16.2 Å². The topological polar surface area (TPSA) is 96.5 Å². The second-order valence-corrected chi connectivity index (χ2v) is 9.46. The molecule has 3 amide bonds. The minimum atomic E-state index is -0.874. The lowest BCUT2D eigenvalue weighted by Crippen LogP contribution is -2.54. The van der Waals surface area contributed by atoms with Crippen LogP contribution >= 0.6 is 0 Å². The maximum atomic E-state index is 12.9. The zero-order chi connectivity index (χ0) is 22.0.